The first-order valence-electron chi connectivity index (χ1n) is 7.84. The molecule has 0 N–H and O–H groups in total. The van der Waals surface area contributed by atoms with Crippen molar-refractivity contribution in [3.8, 4) is 11.8 Å². The fourth-order valence-electron chi connectivity index (χ4n) is 2.09. The molecule has 0 aliphatic carbocycles. The highest BCUT2D eigenvalue weighted by atomic mass is 16.5. The molecule has 1 rings (SSSR count). The summed E-state index contributed by atoms with van der Waals surface area (Å²) in [4.78, 5) is 24.7. The van der Waals surface area contributed by atoms with Gasteiger partial charge in [0.1, 0.15) is 11.5 Å². The van der Waals surface area contributed by atoms with E-state index in [0.29, 0.717) is 31.7 Å². The molecule has 0 heterocycles. The molecular formula is C18H24N2O3. The second-order valence-electron chi connectivity index (χ2n) is 5.60. The summed E-state index contributed by atoms with van der Waals surface area (Å²) in [6.07, 6.45) is 1.24. The lowest BCUT2D eigenvalue weighted by atomic mass is 10.1. The molecule has 0 fully saturated rings. The maximum absolute atomic E-state index is 12.1. The smallest absolute Gasteiger partial charge is 0.260 e. The lowest BCUT2D eigenvalue weighted by Gasteiger charge is -2.22. The first-order valence-corrected chi connectivity index (χ1v) is 7.84. The molecule has 0 spiro atoms. The van der Waals surface area contributed by atoms with E-state index in [-0.39, 0.29) is 24.2 Å². The van der Waals surface area contributed by atoms with Crippen LogP contribution in [0.25, 0.3) is 0 Å². The summed E-state index contributed by atoms with van der Waals surface area (Å²) >= 11 is 0. The normalized spacial score (nSPS) is 11.4. The predicted octanol–water partition coefficient (Wildman–Crippen LogP) is 2.60. The topological polar surface area (TPSA) is 70.4 Å². The molecule has 5 heteroatoms. The summed E-state index contributed by atoms with van der Waals surface area (Å²) in [6.45, 7) is 6.17. The SMILES string of the molecule is CCN(C[C@H](C)C#N)C(=O)COc1ccc(CCC(C)=O)cc1. The van der Waals surface area contributed by atoms with Gasteiger partial charge in [-0.3, -0.25) is 4.79 Å². The number of Topliss-reactive ketones (excluding diaryl/α,β-unsaturated/α-hetero) is 1. The Bertz CT molecular complexity index is 561. The van der Waals surface area contributed by atoms with Crippen molar-refractivity contribution in [2.24, 2.45) is 5.92 Å². The molecule has 0 unspecified atom stereocenters. The van der Waals surface area contributed by atoms with Crippen LogP contribution in [0.5, 0.6) is 5.75 Å². The number of benzene rings is 1. The zero-order chi connectivity index (χ0) is 17.2. The van der Waals surface area contributed by atoms with Crippen LogP contribution in [-0.4, -0.2) is 36.3 Å². The minimum absolute atomic E-state index is 0.0429. The van der Waals surface area contributed by atoms with E-state index < -0.39 is 0 Å². The average molecular weight is 316 g/mol. The van der Waals surface area contributed by atoms with Crippen molar-refractivity contribution in [1.29, 1.82) is 5.26 Å². The van der Waals surface area contributed by atoms with Gasteiger partial charge in [-0.25, -0.2) is 0 Å². The van der Waals surface area contributed by atoms with Crippen LogP contribution in [-0.2, 0) is 16.0 Å². The van der Waals surface area contributed by atoms with E-state index in [2.05, 4.69) is 6.07 Å². The molecule has 0 bridgehead atoms. The number of ether oxygens (including phenoxy) is 1. The maximum atomic E-state index is 12.1. The third kappa shape index (κ3) is 6.96. The monoisotopic (exact) mass is 316 g/mol. The third-order valence-electron chi connectivity index (χ3n) is 3.50. The van der Waals surface area contributed by atoms with Gasteiger partial charge in [-0.15, -0.1) is 0 Å². The first kappa shape index (κ1) is 18.7. The summed E-state index contributed by atoms with van der Waals surface area (Å²) in [6, 6.07) is 9.53. The fourth-order valence-corrected chi connectivity index (χ4v) is 2.09. The zero-order valence-electron chi connectivity index (χ0n) is 14.0. The molecule has 0 saturated carbocycles. The second kappa shape index (κ2) is 9.62. The Morgan fingerprint density at radius 1 is 1.30 bits per heavy atom. The van der Waals surface area contributed by atoms with Crippen LogP contribution in [0, 0.1) is 17.2 Å². The third-order valence-corrected chi connectivity index (χ3v) is 3.50. The van der Waals surface area contributed by atoms with Gasteiger partial charge in [0.25, 0.3) is 5.91 Å². The number of amides is 1. The number of likely N-dealkylation sites (N-methyl/N-ethyl adjacent to an activating group) is 1. The van der Waals surface area contributed by atoms with Gasteiger partial charge in [-0.05, 0) is 44.9 Å². The minimum atomic E-state index is -0.195. The molecule has 5 nitrogen and oxygen atoms in total. The molecule has 1 aromatic carbocycles. The second-order valence-corrected chi connectivity index (χ2v) is 5.60. The Hall–Kier alpha value is -2.35. The lowest BCUT2D eigenvalue weighted by molar-refractivity contribution is -0.133. The number of carbonyl (C=O) groups is 2. The first-order chi connectivity index (χ1) is 11.0. The summed E-state index contributed by atoms with van der Waals surface area (Å²) in [5.74, 6) is 0.464. The molecule has 1 amide bonds. The van der Waals surface area contributed by atoms with E-state index >= 15 is 0 Å². The van der Waals surface area contributed by atoms with E-state index in [0.717, 1.165) is 5.56 Å². The van der Waals surface area contributed by atoms with Gasteiger partial charge in [0.2, 0.25) is 0 Å². The molecule has 0 radical (unpaired) electrons. The molecule has 1 aromatic rings. The number of rotatable bonds is 9. The highest BCUT2D eigenvalue weighted by molar-refractivity contribution is 5.77. The molecule has 1 atom stereocenters. The highest BCUT2D eigenvalue weighted by Crippen LogP contribution is 2.14. The summed E-state index contributed by atoms with van der Waals surface area (Å²) in [7, 11) is 0. The van der Waals surface area contributed by atoms with E-state index in [1.165, 1.54) is 0 Å². The van der Waals surface area contributed by atoms with Crippen molar-refractivity contribution in [3.05, 3.63) is 29.8 Å². The van der Waals surface area contributed by atoms with Gasteiger partial charge >= 0.3 is 0 Å². The molecule has 0 aliphatic rings. The van der Waals surface area contributed by atoms with Crippen LogP contribution in [0.15, 0.2) is 24.3 Å². The Balaban J connectivity index is 2.48. The Morgan fingerprint density at radius 3 is 2.48 bits per heavy atom. The van der Waals surface area contributed by atoms with Crippen LogP contribution in [0.4, 0.5) is 0 Å². The van der Waals surface area contributed by atoms with E-state index in [1.54, 1.807) is 30.9 Å². The molecule has 0 saturated heterocycles. The van der Waals surface area contributed by atoms with E-state index in [1.807, 2.05) is 19.1 Å². The fraction of sp³-hybridized carbons (Fsp3) is 0.500. The van der Waals surface area contributed by atoms with Crippen molar-refractivity contribution < 1.29 is 14.3 Å². The van der Waals surface area contributed by atoms with Crippen molar-refractivity contribution in [2.75, 3.05) is 19.7 Å². The maximum Gasteiger partial charge on any atom is 0.260 e. The van der Waals surface area contributed by atoms with E-state index in [9.17, 15) is 9.59 Å². The lowest BCUT2D eigenvalue weighted by Crippen LogP contribution is -2.37. The van der Waals surface area contributed by atoms with Gasteiger partial charge in [0.15, 0.2) is 6.61 Å². The van der Waals surface area contributed by atoms with Gasteiger partial charge in [0.05, 0.1) is 12.0 Å². The summed E-state index contributed by atoms with van der Waals surface area (Å²) < 4.78 is 5.51. The number of aryl methyl sites for hydroxylation is 1. The van der Waals surface area contributed by atoms with Crippen LogP contribution >= 0.6 is 0 Å². The zero-order valence-corrected chi connectivity index (χ0v) is 14.0. The summed E-state index contributed by atoms with van der Waals surface area (Å²) in [5.41, 5.74) is 1.07. The Morgan fingerprint density at radius 2 is 1.96 bits per heavy atom. The van der Waals surface area contributed by atoms with Crippen LogP contribution in [0.1, 0.15) is 32.8 Å². The van der Waals surface area contributed by atoms with E-state index in [4.69, 9.17) is 10.00 Å². The van der Waals surface area contributed by atoms with Gasteiger partial charge in [-0.2, -0.15) is 5.26 Å². The van der Waals surface area contributed by atoms with Crippen LogP contribution < -0.4 is 4.74 Å². The number of hydrogen-bond donors (Lipinski definition) is 0. The molecule has 23 heavy (non-hydrogen) atoms. The Labute approximate surface area is 137 Å². The quantitative estimate of drug-likeness (QED) is 0.702. The Kier molecular flexibility index (Phi) is 7.82. The largest absolute Gasteiger partial charge is 0.484 e. The van der Waals surface area contributed by atoms with Crippen molar-refractivity contribution >= 4 is 11.7 Å². The predicted molar refractivity (Wildman–Crippen MR) is 88.0 cm³/mol. The van der Waals surface area contributed by atoms with Crippen molar-refractivity contribution in [2.45, 2.75) is 33.6 Å². The number of hydrogen-bond acceptors (Lipinski definition) is 4. The highest BCUT2D eigenvalue weighted by Gasteiger charge is 2.15. The minimum Gasteiger partial charge on any atom is -0.484 e. The van der Waals surface area contributed by atoms with Crippen LogP contribution in [0.2, 0.25) is 0 Å². The van der Waals surface area contributed by atoms with Gasteiger partial charge in [0, 0.05) is 19.5 Å². The van der Waals surface area contributed by atoms with Crippen molar-refractivity contribution in [1.82, 2.24) is 4.90 Å². The number of nitrogens with zero attached hydrogens (tertiary/aromatic N) is 2. The number of nitriles is 1. The number of carbonyl (C=O) groups excluding carboxylic acids is 2. The summed E-state index contributed by atoms with van der Waals surface area (Å²) in [5, 5.41) is 8.83. The van der Waals surface area contributed by atoms with Gasteiger partial charge in [-0.1, -0.05) is 12.1 Å². The molecule has 0 aliphatic heterocycles. The van der Waals surface area contributed by atoms with Crippen molar-refractivity contribution in [3.63, 3.8) is 0 Å². The number of ketones is 1. The standard InChI is InChI=1S/C18H24N2O3/c1-4-20(12-14(2)11-19)18(22)13-23-17-9-7-16(8-10-17)6-5-15(3)21/h7-10,14H,4-6,12-13H2,1-3H3/t14-/m1/s1. The van der Waals surface area contributed by atoms with Crippen LogP contribution in [0.3, 0.4) is 0 Å². The van der Waals surface area contributed by atoms with Gasteiger partial charge < -0.3 is 14.4 Å². The molecule has 0 aromatic heterocycles. The molecule has 124 valence electrons. The molecular weight excluding hydrogens is 292 g/mol. The average Bonchev–Trinajstić information content (AvgIpc) is 2.56.